The molecule has 0 radical (unpaired) electrons. The number of sulfonamides is 1. The van der Waals surface area contributed by atoms with E-state index in [1.165, 1.54) is 22.5 Å². The Morgan fingerprint density at radius 1 is 1.19 bits per heavy atom. The van der Waals surface area contributed by atoms with Crippen LogP contribution < -0.4 is 15.5 Å². The van der Waals surface area contributed by atoms with Crippen molar-refractivity contribution in [3.8, 4) is 0 Å². The summed E-state index contributed by atoms with van der Waals surface area (Å²) >= 11 is 0. The molecule has 2 aliphatic heterocycles. The van der Waals surface area contributed by atoms with Crippen LogP contribution in [-0.2, 0) is 23.1 Å². The smallest absolute Gasteiger partial charge is 0.256 e. The quantitative estimate of drug-likeness (QED) is 0.556. The maximum atomic E-state index is 13.5. The van der Waals surface area contributed by atoms with Gasteiger partial charge in [0.15, 0.2) is 5.82 Å². The predicted octanol–water partition coefficient (Wildman–Crippen LogP) is 2.37. The Labute approximate surface area is 184 Å². The van der Waals surface area contributed by atoms with Crippen LogP contribution in [0.5, 0.6) is 0 Å². The number of H-pyrrole nitrogens is 1. The van der Waals surface area contributed by atoms with Gasteiger partial charge >= 0.3 is 0 Å². The summed E-state index contributed by atoms with van der Waals surface area (Å²) in [7, 11) is -1.90. The van der Waals surface area contributed by atoms with E-state index in [4.69, 9.17) is 0 Å². The molecule has 32 heavy (non-hydrogen) atoms. The van der Waals surface area contributed by atoms with Gasteiger partial charge in [-0.1, -0.05) is 6.07 Å². The lowest BCUT2D eigenvalue weighted by atomic mass is 10.1. The van der Waals surface area contributed by atoms with E-state index >= 15 is 0 Å². The molecular weight excluding hydrogens is 435 g/mol. The minimum absolute atomic E-state index is 0.0246. The van der Waals surface area contributed by atoms with Gasteiger partial charge in [-0.15, -0.1) is 0 Å². The minimum atomic E-state index is -3.89. The summed E-state index contributed by atoms with van der Waals surface area (Å²) in [5.41, 5.74) is 3.55. The van der Waals surface area contributed by atoms with E-state index in [0.717, 1.165) is 30.5 Å². The third-order valence-electron chi connectivity index (χ3n) is 5.72. The third kappa shape index (κ3) is 3.49. The van der Waals surface area contributed by atoms with Crippen molar-refractivity contribution in [3.63, 3.8) is 0 Å². The topological polar surface area (TPSA) is 110 Å². The number of aromatic nitrogens is 2. The Hall–Kier alpha value is -3.44. The van der Waals surface area contributed by atoms with Crippen molar-refractivity contribution < 1.29 is 17.6 Å². The molecule has 2 aliphatic rings. The highest BCUT2D eigenvalue weighted by Gasteiger charge is 2.34. The van der Waals surface area contributed by atoms with Crippen LogP contribution in [0.3, 0.4) is 0 Å². The van der Waals surface area contributed by atoms with E-state index in [1.54, 1.807) is 12.1 Å². The zero-order valence-electron chi connectivity index (χ0n) is 17.2. The predicted molar refractivity (Wildman–Crippen MR) is 118 cm³/mol. The van der Waals surface area contributed by atoms with Crippen LogP contribution in [0.2, 0.25) is 0 Å². The minimum Gasteiger partial charge on any atom is -0.382 e. The number of carbonyl (C=O) groups excluding carboxylic acids is 1. The lowest BCUT2D eigenvalue weighted by Gasteiger charge is -2.28. The molecule has 3 N–H and O–H groups in total. The van der Waals surface area contributed by atoms with Crippen molar-refractivity contribution in [1.82, 2.24) is 14.5 Å². The van der Waals surface area contributed by atoms with E-state index in [-0.39, 0.29) is 29.7 Å². The number of anilines is 3. The molecule has 3 heterocycles. The van der Waals surface area contributed by atoms with Gasteiger partial charge in [-0.3, -0.25) is 9.89 Å². The van der Waals surface area contributed by atoms with Gasteiger partial charge in [-0.05, 0) is 36.4 Å². The highest BCUT2D eigenvalue weighted by molar-refractivity contribution is 7.89. The molecule has 1 amide bonds. The Balaban J connectivity index is 1.35. The number of benzene rings is 2. The average Bonchev–Trinajstić information content (AvgIpc) is 3.36. The van der Waals surface area contributed by atoms with E-state index in [0.29, 0.717) is 16.8 Å². The summed E-state index contributed by atoms with van der Waals surface area (Å²) in [6.07, 6.45) is 0. The highest BCUT2D eigenvalue weighted by atomic mass is 32.2. The number of halogens is 1. The van der Waals surface area contributed by atoms with Gasteiger partial charge in [-0.2, -0.15) is 9.40 Å². The molecule has 0 saturated heterocycles. The van der Waals surface area contributed by atoms with Crippen LogP contribution in [0.15, 0.2) is 47.4 Å². The van der Waals surface area contributed by atoms with Gasteiger partial charge in [-0.25, -0.2) is 12.8 Å². The van der Waals surface area contributed by atoms with E-state index < -0.39 is 15.8 Å². The molecule has 0 unspecified atom stereocenters. The standard InChI is InChI=1S/C21H21FN6O3S/c1-27-8-7-23-17-9-13(5-6-19(17)27)21(29)24-20-16-11-28(12-18(16)25-26-20)32(30,31)15-4-2-3-14(22)10-15/h2-6,9-10,23H,7-8,11-12H2,1H3,(H2,24,25,26,29). The van der Waals surface area contributed by atoms with Crippen molar-refractivity contribution in [3.05, 3.63) is 65.1 Å². The summed E-state index contributed by atoms with van der Waals surface area (Å²) in [5.74, 6) is -0.683. The molecule has 0 aliphatic carbocycles. The first-order chi connectivity index (χ1) is 15.3. The van der Waals surface area contributed by atoms with Gasteiger partial charge < -0.3 is 15.5 Å². The van der Waals surface area contributed by atoms with Crippen LogP contribution >= 0.6 is 0 Å². The van der Waals surface area contributed by atoms with Crippen molar-refractivity contribution in [2.75, 3.05) is 35.7 Å². The molecule has 0 saturated carbocycles. The Morgan fingerprint density at radius 3 is 2.84 bits per heavy atom. The van der Waals surface area contributed by atoms with Gasteiger partial charge in [0.1, 0.15) is 5.82 Å². The molecule has 9 nitrogen and oxygen atoms in total. The molecule has 1 aromatic heterocycles. The zero-order valence-corrected chi connectivity index (χ0v) is 18.0. The Kier molecular flexibility index (Phi) is 4.86. The lowest BCUT2D eigenvalue weighted by Crippen LogP contribution is -2.30. The highest BCUT2D eigenvalue weighted by Crippen LogP contribution is 2.33. The van der Waals surface area contributed by atoms with Crippen LogP contribution in [0, 0.1) is 5.82 Å². The number of rotatable bonds is 4. The fourth-order valence-corrected chi connectivity index (χ4v) is 5.38. The number of fused-ring (bicyclic) bond motifs is 2. The van der Waals surface area contributed by atoms with Gasteiger partial charge in [0, 0.05) is 37.8 Å². The van der Waals surface area contributed by atoms with Crippen LogP contribution in [-0.4, -0.2) is 49.0 Å². The Bertz CT molecular complexity index is 1320. The van der Waals surface area contributed by atoms with Gasteiger partial charge in [0.25, 0.3) is 5.91 Å². The number of nitrogens with one attached hydrogen (secondary N) is 3. The second kappa shape index (κ2) is 7.61. The molecule has 2 aromatic carbocycles. The number of amides is 1. The van der Waals surface area contributed by atoms with Crippen molar-refractivity contribution in [1.29, 1.82) is 0 Å². The molecule has 0 fully saturated rings. The molecule has 0 spiro atoms. The molecule has 11 heteroatoms. The molecule has 3 aromatic rings. The van der Waals surface area contributed by atoms with E-state index in [1.807, 2.05) is 13.1 Å². The summed E-state index contributed by atoms with van der Waals surface area (Å²) in [5, 5.41) is 13.0. The first-order valence-electron chi connectivity index (χ1n) is 10.0. The van der Waals surface area contributed by atoms with Crippen LogP contribution in [0.1, 0.15) is 21.6 Å². The average molecular weight is 457 g/mol. The first-order valence-corrected chi connectivity index (χ1v) is 11.5. The number of hydrogen-bond acceptors (Lipinski definition) is 6. The second-order valence-electron chi connectivity index (χ2n) is 7.79. The molecule has 166 valence electrons. The lowest BCUT2D eigenvalue weighted by molar-refractivity contribution is 0.102. The SMILES string of the molecule is CN1CCNc2cc(C(=O)Nc3n[nH]c4c3CN(S(=O)(=O)c3cccc(F)c3)C4)ccc21. The fourth-order valence-electron chi connectivity index (χ4n) is 3.97. The number of aromatic amines is 1. The molecule has 5 rings (SSSR count). The normalized spacial score (nSPS) is 15.8. The van der Waals surface area contributed by atoms with Crippen LogP contribution in [0.25, 0.3) is 0 Å². The molecule has 0 bridgehead atoms. The largest absolute Gasteiger partial charge is 0.382 e. The summed E-state index contributed by atoms with van der Waals surface area (Å²) < 4.78 is 40.5. The van der Waals surface area contributed by atoms with Crippen molar-refractivity contribution >= 4 is 33.1 Å². The first kappa shape index (κ1) is 20.5. The monoisotopic (exact) mass is 456 g/mol. The van der Waals surface area contributed by atoms with E-state index in [9.17, 15) is 17.6 Å². The summed E-state index contributed by atoms with van der Waals surface area (Å²) in [6.45, 7) is 1.76. The van der Waals surface area contributed by atoms with Crippen molar-refractivity contribution in [2.24, 2.45) is 0 Å². The number of likely N-dealkylation sites (N-methyl/N-ethyl adjacent to an activating group) is 1. The number of nitrogens with zero attached hydrogens (tertiary/aromatic N) is 3. The van der Waals surface area contributed by atoms with Crippen LogP contribution in [0.4, 0.5) is 21.6 Å². The van der Waals surface area contributed by atoms with Crippen molar-refractivity contribution in [2.45, 2.75) is 18.0 Å². The third-order valence-corrected chi connectivity index (χ3v) is 7.51. The molecule has 0 atom stereocenters. The fraction of sp³-hybridized carbons (Fsp3) is 0.238. The maximum absolute atomic E-state index is 13.5. The maximum Gasteiger partial charge on any atom is 0.256 e. The van der Waals surface area contributed by atoms with Gasteiger partial charge in [0.05, 0.1) is 28.5 Å². The zero-order chi connectivity index (χ0) is 22.5. The van der Waals surface area contributed by atoms with Gasteiger partial charge in [0.2, 0.25) is 10.0 Å². The second-order valence-corrected chi connectivity index (χ2v) is 9.73. The summed E-state index contributed by atoms with van der Waals surface area (Å²) in [4.78, 5) is 14.8. The van der Waals surface area contributed by atoms with E-state index in [2.05, 4.69) is 25.7 Å². The summed E-state index contributed by atoms with van der Waals surface area (Å²) in [6, 6.07) is 10.3. The molecular formula is C21H21FN6O3S. The number of hydrogen-bond donors (Lipinski definition) is 3. The number of carbonyl (C=O) groups is 1. The Morgan fingerprint density at radius 2 is 2.03 bits per heavy atom.